The van der Waals surface area contributed by atoms with Crippen LogP contribution in [0.25, 0.3) is 5.69 Å². The van der Waals surface area contributed by atoms with Crippen molar-refractivity contribution in [3.8, 4) is 28.7 Å². The van der Waals surface area contributed by atoms with Crippen LogP contribution < -0.4 is 24.3 Å². The number of halogens is 1. The molecule has 3 aromatic rings. The van der Waals surface area contributed by atoms with Crippen LogP contribution in [0.2, 0.25) is 5.02 Å². The fourth-order valence-electron chi connectivity index (χ4n) is 2.83. The SMILES string of the molecule is COc1ccc(-n2nc(NC(=O)c3cc(OC)c(OC)cc3OC)nc2C)c(Cl)c1. The Morgan fingerprint density at radius 3 is 2.23 bits per heavy atom. The average molecular weight is 433 g/mol. The number of anilines is 1. The van der Waals surface area contributed by atoms with Gasteiger partial charge in [-0.05, 0) is 19.1 Å². The van der Waals surface area contributed by atoms with Crippen molar-refractivity contribution in [1.29, 1.82) is 0 Å². The summed E-state index contributed by atoms with van der Waals surface area (Å²) in [6, 6.07) is 8.28. The zero-order valence-corrected chi connectivity index (χ0v) is 17.9. The number of aromatic nitrogens is 3. The number of aryl methyl sites for hydroxylation is 1. The Morgan fingerprint density at radius 2 is 1.63 bits per heavy atom. The lowest BCUT2D eigenvalue weighted by Gasteiger charge is -2.13. The molecule has 30 heavy (non-hydrogen) atoms. The minimum absolute atomic E-state index is 0.112. The van der Waals surface area contributed by atoms with Gasteiger partial charge in [-0.15, -0.1) is 5.10 Å². The number of carbonyl (C=O) groups excluding carboxylic acids is 1. The molecular weight excluding hydrogens is 412 g/mol. The van der Waals surface area contributed by atoms with Crippen LogP contribution in [0.5, 0.6) is 23.0 Å². The number of carbonyl (C=O) groups is 1. The summed E-state index contributed by atoms with van der Waals surface area (Å²) in [5.74, 6) is 1.96. The van der Waals surface area contributed by atoms with E-state index in [4.69, 9.17) is 30.5 Å². The van der Waals surface area contributed by atoms with E-state index in [-0.39, 0.29) is 11.5 Å². The quantitative estimate of drug-likeness (QED) is 0.610. The maximum absolute atomic E-state index is 12.8. The van der Waals surface area contributed by atoms with Crippen molar-refractivity contribution >= 4 is 23.5 Å². The van der Waals surface area contributed by atoms with Gasteiger partial charge in [0.05, 0.1) is 44.7 Å². The first-order chi connectivity index (χ1) is 14.4. The van der Waals surface area contributed by atoms with Crippen molar-refractivity contribution in [2.75, 3.05) is 33.8 Å². The molecule has 0 aliphatic heterocycles. The average Bonchev–Trinajstić information content (AvgIpc) is 3.11. The van der Waals surface area contributed by atoms with E-state index < -0.39 is 5.91 Å². The first kappa shape index (κ1) is 21.3. The van der Waals surface area contributed by atoms with E-state index in [2.05, 4.69) is 15.4 Å². The zero-order chi connectivity index (χ0) is 21.8. The van der Waals surface area contributed by atoms with Gasteiger partial charge in [-0.25, -0.2) is 4.68 Å². The van der Waals surface area contributed by atoms with Crippen LogP contribution in [0.3, 0.4) is 0 Å². The van der Waals surface area contributed by atoms with Gasteiger partial charge in [-0.3, -0.25) is 10.1 Å². The lowest BCUT2D eigenvalue weighted by atomic mass is 10.1. The molecule has 1 aromatic heterocycles. The molecule has 158 valence electrons. The van der Waals surface area contributed by atoms with E-state index in [1.165, 1.54) is 32.1 Å². The molecule has 0 saturated heterocycles. The lowest BCUT2D eigenvalue weighted by Crippen LogP contribution is -2.15. The normalized spacial score (nSPS) is 10.5. The van der Waals surface area contributed by atoms with Crippen LogP contribution in [-0.4, -0.2) is 49.1 Å². The molecule has 0 atom stereocenters. The summed E-state index contributed by atoms with van der Waals surface area (Å²) < 4.78 is 22.5. The van der Waals surface area contributed by atoms with Crippen molar-refractivity contribution in [1.82, 2.24) is 14.8 Å². The first-order valence-corrected chi connectivity index (χ1v) is 9.18. The summed E-state index contributed by atoms with van der Waals surface area (Å²) in [4.78, 5) is 17.2. The Kier molecular flexibility index (Phi) is 6.31. The van der Waals surface area contributed by atoms with Gasteiger partial charge < -0.3 is 18.9 Å². The maximum atomic E-state index is 12.8. The van der Waals surface area contributed by atoms with E-state index >= 15 is 0 Å². The number of methoxy groups -OCH3 is 4. The number of hydrogen-bond acceptors (Lipinski definition) is 7. The fraction of sp³-hybridized carbons (Fsp3) is 0.250. The van der Waals surface area contributed by atoms with Gasteiger partial charge in [0.1, 0.15) is 17.3 Å². The van der Waals surface area contributed by atoms with Crippen LogP contribution in [0, 0.1) is 6.92 Å². The smallest absolute Gasteiger partial charge is 0.261 e. The minimum Gasteiger partial charge on any atom is -0.497 e. The van der Waals surface area contributed by atoms with Gasteiger partial charge in [0.15, 0.2) is 11.5 Å². The maximum Gasteiger partial charge on any atom is 0.261 e. The minimum atomic E-state index is -0.467. The highest BCUT2D eigenvalue weighted by atomic mass is 35.5. The fourth-order valence-corrected chi connectivity index (χ4v) is 3.08. The predicted molar refractivity (Wildman–Crippen MR) is 112 cm³/mol. The molecule has 0 saturated carbocycles. The summed E-state index contributed by atoms with van der Waals surface area (Å²) in [5.41, 5.74) is 0.846. The topological polar surface area (TPSA) is 96.7 Å². The molecular formula is C20H21ClN4O5. The number of hydrogen-bond donors (Lipinski definition) is 1. The van der Waals surface area contributed by atoms with Gasteiger partial charge >= 0.3 is 0 Å². The van der Waals surface area contributed by atoms with Gasteiger partial charge in [-0.2, -0.15) is 4.98 Å². The standard InChI is InChI=1S/C20H21ClN4O5/c1-11-22-20(24-25(11)15-7-6-12(27-2)8-14(15)21)23-19(26)13-9-17(29-4)18(30-5)10-16(13)28-3/h6-10H,1-5H3,(H,23,24,26). The predicted octanol–water partition coefficient (Wildman–Crippen LogP) is 3.52. The Bertz CT molecular complexity index is 1080. The number of rotatable bonds is 7. The van der Waals surface area contributed by atoms with Gasteiger partial charge in [0, 0.05) is 18.2 Å². The molecule has 1 amide bonds. The highest BCUT2D eigenvalue weighted by molar-refractivity contribution is 6.32. The highest BCUT2D eigenvalue weighted by Gasteiger charge is 2.20. The second kappa shape index (κ2) is 8.91. The van der Waals surface area contributed by atoms with Gasteiger partial charge in [-0.1, -0.05) is 11.6 Å². The Labute approximate surface area is 178 Å². The monoisotopic (exact) mass is 432 g/mol. The summed E-state index contributed by atoms with van der Waals surface area (Å²) in [5, 5.41) is 7.45. The van der Waals surface area contributed by atoms with Crippen LogP contribution in [0.15, 0.2) is 30.3 Å². The van der Waals surface area contributed by atoms with Crippen LogP contribution >= 0.6 is 11.6 Å². The van der Waals surface area contributed by atoms with Crippen molar-refractivity contribution < 1.29 is 23.7 Å². The summed E-state index contributed by atoms with van der Waals surface area (Å²) >= 11 is 6.33. The van der Waals surface area contributed by atoms with Crippen LogP contribution in [0.4, 0.5) is 5.95 Å². The van der Waals surface area contributed by atoms with Crippen molar-refractivity contribution in [3.63, 3.8) is 0 Å². The third-order valence-electron chi connectivity index (χ3n) is 4.33. The number of amides is 1. The summed E-state index contributed by atoms with van der Waals surface area (Å²) in [7, 11) is 6.00. The Morgan fingerprint density at radius 1 is 0.967 bits per heavy atom. The number of ether oxygens (including phenoxy) is 4. The molecule has 0 bridgehead atoms. The van der Waals surface area contributed by atoms with Gasteiger partial charge in [0.2, 0.25) is 5.95 Å². The van der Waals surface area contributed by atoms with E-state index in [1.54, 1.807) is 38.3 Å². The van der Waals surface area contributed by atoms with E-state index in [1.807, 2.05) is 0 Å². The van der Waals surface area contributed by atoms with Gasteiger partial charge in [0.25, 0.3) is 5.91 Å². The third-order valence-corrected chi connectivity index (χ3v) is 4.63. The number of benzene rings is 2. The summed E-state index contributed by atoms with van der Waals surface area (Å²) in [6.45, 7) is 1.75. The van der Waals surface area contributed by atoms with Crippen molar-refractivity contribution in [3.05, 3.63) is 46.7 Å². The highest BCUT2D eigenvalue weighted by Crippen LogP contribution is 2.35. The third kappa shape index (κ3) is 4.11. The lowest BCUT2D eigenvalue weighted by molar-refractivity contribution is 0.102. The van der Waals surface area contributed by atoms with Crippen molar-refractivity contribution in [2.45, 2.75) is 6.92 Å². The largest absolute Gasteiger partial charge is 0.497 e. The molecule has 0 spiro atoms. The van der Waals surface area contributed by atoms with E-state index in [9.17, 15) is 4.79 Å². The second-order valence-corrected chi connectivity index (χ2v) is 6.48. The molecule has 9 nitrogen and oxygen atoms in total. The van der Waals surface area contributed by atoms with Crippen LogP contribution in [0.1, 0.15) is 16.2 Å². The molecule has 3 rings (SSSR count). The summed E-state index contributed by atoms with van der Waals surface area (Å²) in [6.07, 6.45) is 0. The zero-order valence-electron chi connectivity index (χ0n) is 17.1. The molecule has 1 N–H and O–H groups in total. The molecule has 2 aromatic carbocycles. The molecule has 0 radical (unpaired) electrons. The number of nitrogens with zero attached hydrogens (tertiary/aromatic N) is 3. The van der Waals surface area contributed by atoms with E-state index in [0.717, 1.165) is 0 Å². The molecule has 10 heteroatoms. The Balaban J connectivity index is 1.91. The van der Waals surface area contributed by atoms with E-state index in [0.29, 0.717) is 39.5 Å². The van der Waals surface area contributed by atoms with Crippen molar-refractivity contribution in [2.24, 2.45) is 0 Å². The second-order valence-electron chi connectivity index (χ2n) is 6.07. The Hall–Kier alpha value is -3.46. The molecule has 0 unspecified atom stereocenters. The molecule has 0 fully saturated rings. The number of nitrogens with one attached hydrogen (secondary N) is 1. The van der Waals surface area contributed by atoms with Crippen LogP contribution in [-0.2, 0) is 0 Å². The first-order valence-electron chi connectivity index (χ1n) is 8.80. The molecule has 0 aliphatic carbocycles. The molecule has 1 heterocycles. The molecule has 0 aliphatic rings.